The number of nitrogens with zero attached hydrogens (tertiary/aromatic N) is 1. The van der Waals surface area contributed by atoms with Gasteiger partial charge in [-0.2, -0.15) is 0 Å². The minimum absolute atomic E-state index is 0.0718. The predicted molar refractivity (Wildman–Crippen MR) is 34.7 cm³/mol. The molecule has 0 saturated carbocycles. The molecule has 2 heteroatoms. The summed E-state index contributed by atoms with van der Waals surface area (Å²) in [4.78, 5) is 10.8. The van der Waals surface area contributed by atoms with Crippen LogP contribution >= 0.6 is 0 Å². The molecule has 2 nitrogen and oxygen atoms in total. The van der Waals surface area contributed by atoms with Crippen LogP contribution in [0.5, 0.6) is 0 Å². The highest BCUT2D eigenvalue weighted by Gasteiger charge is 2.07. The van der Waals surface area contributed by atoms with Crippen LogP contribution in [0.25, 0.3) is 0 Å². The van der Waals surface area contributed by atoms with E-state index in [1.807, 2.05) is 6.92 Å². The summed E-state index contributed by atoms with van der Waals surface area (Å²) >= 11 is 0. The van der Waals surface area contributed by atoms with E-state index in [0.29, 0.717) is 0 Å². The Hall–Kier alpha value is -1.05. The third kappa shape index (κ3) is 1.02. The fraction of sp³-hybridized carbons (Fsp3) is 0.286. The van der Waals surface area contributed by atoms with Crippen molar-refractivity contribution in [2.75, 3.05) is 0 Å². The zero-order valence-corrected chi connectivity index (χ0v) is 5.51. The molecule has 0 fully saturated rings. The first-order chi connectivity index (χ1) is 4.22. The number of carbonyl (C=O) groups is 1. The highest BCUT2D eigenvalue weighted by molar-refractivity contribution is 6.04. The van der Waals surface area contributed by atoms with Gasteiger partial charge in [0.2, 0.25) is 0 Å². The molecule has 0 amide bonds. The van der Waals surface area contributed by atoms with E-state index in [9.17, 15) is 4.79 Å². The zero-order valence-electron chi connectivity index (χ0n) is 5.51. The van der Waals surface area contributed by atoms with Gasteiger partial charge in [-0.3, -0.25) is 10.1 Å². The van der Waals surface area contributed by atoms with E-state index in [1.54, 1.807) is 6.92 Å². The average Bonchev–Trinajstić information content (AvgIpc) is 1.83. The maximum atomic E-state index is 10.8. The Morgan fingerprint density at radius 3 is 2.56 bits per heavy atom. The van der Waals surface area contributed by atoms with Crippen molar-refractivity contribution in [1.29, 1.82) is 0 Å². The normalized spacial score (nSPS) is 18.2. The van der Waals surface area contributed by atoms with E-state index >= 15 is 0 Å². The topological polar surface area (TPSA) is 31.2 Å². The summed E-state index contributed by atoms with van der Waals surface area (Å²) in [7, 11) is 0. The van der Waals surface area contributed by atoms with Crippen LogP contribution in [0.4, 0.5) is 0 Å². The lowest BCUT2D eigenvalue weighted by Crippen LogP contribution is -2.08. The van der Waals surface area contributed by atoms with Gasteiger partial charge in [0.25, 0.3) is 0 Å². The Balaban J connectivity index is 2.92. The fourth-order valence-electron chi connectivity index (χ4n) is 0.617. The van der Waals surface area contributed by atoms with E-state index in [4.69, 9.17) is 0 Å². The summed E-state index contributed by atoms with van der Waals surface area (Å²) in [5.74, 6) is 0.0718. The van der Waals surface area contributed by atoms with Crippen LogP contribution in [-0.4, -0.2) is 5.78 Å². The molecule has 47 valence electrons. The summed E-state index contributed by atoms with van der Waals surface area (Å²) in [5.41, 5.74) is 1.57. The van der Waals surface area contributed by atoms with Crippen LogP contribution in [0, 0.1) is 0 Å². The van der Waals surface area contributed by atoms with Crippen LogP contribution in [-0.2, 0) is 4.79 Å². The Labute approximate surface area is 54.3 Å². The molecule has 1 aliphatic rings. The van der Waals surface area contributed by atoms with Gasteiger partial charge in [-0.1, -0.05) is 0 Å². The number of ketones is 1. The second-order valence-electron chi connectivity index (χ2n) is 2.02. The van der Waals surface area contributed by atoms with Gasteiger partial charge in [0.1, 0.15) is 0 Å². The Morgan fingerprint density at radius 2 is 2.11 bits per heavy atom. The molecule has 0 aliphatic carbocycles. The smallest absolute Gasteiger partial charge is 0.184 e. The van der Waals surface area contributed by atoms with Crippen molar-refractivity contribution >= 4 is 5.78 Å². The molecule has 0 unspecified atom stereocenters. The number of hydrogen-bond donors (Lipinski definition) is 0. The minimum Gasteiger partial charge on any atom is -0.290 e. The van der Waals surface area contributed by atoms with Crippen molar-refractivity contribution in [3.05, 3.63) is 23.5 Å². The molecule has 0 aromatic rings. The SMILES string of the molecule is CC1=C(C)C(=O)C=C[N]1. The third-order valence-electron chi connectivity index (χ3n) is 1.41. The summed E-state index contributed by atoms with van der Waals surface area (Å²) in [6.45, 7) is 3.61. The number of carbonyl (C=O) groups excluding carboxylic acids is 1. The van der Waals surface area contributed by atoms with Crippen LogP contribution in [0.1, 0.15) is 13.8 Å². The quantitative estimate of drug-likeness (QED) is 0.471. The largest absolute Gasteiger partial charge is 0.290 e. The first-order valence-corrected chi connectivity index (χ1v) is 2.81. The van der Waals surface area contributed by atoms with Gasteiger partial charge >= 0.3 is 0 Å². The first-order valence-electron chi connectivity index (χ1n) is 2.81. The number of hydrogen-bond acceptors (Lipinski definition) is 1. The van der Waals surface area contributed by atoms with Gasteiger partial charge in [0.15, 0.2) is 5.78 Å². The zero-order chi connectivity index (χ0) is 6.85. The summed E-state index contributed by atoms with van der Waals surface area (Å²) in [5, 5.41) is 3.94. The van der Waals surface area contributed by atoms with Crippen molar-refractivity contribution in [3.8, 4) is 0 Å². The van der Waals surface area contributed by atoms with Crippen molar-refractivity contribution < 1.29 is 4.79 Å². The van der Waals surface area contributed by atoms with Crippen LogP contribution in [0.3, 0.4) is 0 Å². The molecule has 9 heavy (non-hydrogen) atoms. The highest BCUT2D eigenvalue weighted by Crippen LogP contribution is 2.07. The first kappa shape index (κ1) is 6.08. The molecule has 1 radical (unpaired) electrons. The second-order valence-corrected chi connectivity index (χ2v) is 2.02. The van der Waals surface area contributed by atoms with Crippen molar-refractivity contribution in [2.45, 2.75) is 13.8 Å². The van der Waals surface area contributed by atoms with Crippen LogP contribution < -0.4 is 5.32 Å². The van der Waals surface area contributed by atoms with E-state index in [2.05, 4.69) is 5.32 Å². The lowest BCUT2D eigenvalue weighted by molar-refractivity contribution is -0.111. The van der Waals surface area contributed by atoms with Crippen molar-refractivity contribution in [1.82, 2.24) is 5.32 Å². The van der Waals surface area contributed by atoms with E-state index in [0.717, 1.165) is 11.3 Å². The van der Waals surface area contributed by atoms with Crippen molar-refractivity contribution in [3.63, 3.8) is 0 Å². The molecule has 0 aromatic heterocycles. The summed E-state index contributed by atoms with van der Waals surface area (Å²) < 4.78 is 0. The molecule has 0 aromatic carbocycles. The molecule has 0 atom stereocenters. The molecule has 1 heterocycles. The molecule has 0 spiro atoms. The van der Waals surface area contributed by atoms with Gasteiger partial charge in [0.05, 0.1) is 0 Å². The second kappa shape index (κ2) is 2.05. The molecule has 1 aliphatic heterocycles. The molecule has 0 bridgehead atoms. The van der Waals surface area contributed by atoms with Gasteiger partial charge in [0, 0.05) is 23.5 Å². The fourth-order valence-corrected chi connectivity index (χ4v) is 0.617. The van der Waals surface area contributed by atoms with E-state index in [-0.39, 0.29) is 5.78 Å². The molecule has 0 saturated heterocycles. The van der Waals surface area contributed by atoms with Crippen molar-refractivity contribution in [2.24, 2.45) is 0 Å². The Kier molecular flexibility index (Phi) is 1.39. The van der Waals surface area contributed by atoms with Crippen LogP contribution in [0.2, 0.25) is 0 Å². The molecule has 0 N–H and O–H groups in total. The van der Waals surface area contributed by atoms with Gasteiger partial charge < -0.3 is 0 Å². The molecule has 1 rings (SSSR count). The lowest BCUT2D eigenvalue weighted by atomic mass is 10.1. The van der Waals surface area contributed by atoms with E-state index in [1.165, 1.54) is 12.3 Å². The number of rotatable bonds is 0. The third-order valence-corrected chi connectivity index (χ3v) is 1.41. The van der Waals surface area contributed by atoms with E-state index < -0.39 is 0 Å². The van der Waals surface area contributed by atoms with Gasteiger partial charge in [-0.05, 0) is 13.8 Å². The standard InChI is InChI=1S/C7H8NO/c1-5-6(2)8-4-3-7(5)9/h3-4H,1-2H3. The monoisotopic (exact) mass is 122 g/mol. The Bertz CT molecular complexity index is 201. The van der Waals surface area contributed by atoms with Gasteiger partial charge in [-0.15, -0.1) is 0 Å². The lowest BCUT2D eigenvalue weighted by Gasteiger charge is -2.05. The van der Waals surface area contributed by atoms with Crippen LogP contribution in [0.15, 0.2) is 23.5 Å². The summed E-state index contributed by atoms with van der Waals surface area (Å²) in [6.07, 6.45) is 3.01. The average molecular weight is 122 g/mol. The van der Waals surface area contributed by atoms with Gasteiger partial charge in [-0.25, -0.2) is 0 Å². The molecular formula is C7H8NO. The summed E-state index contributed by atoms with van der Waals surface area (Å²) in [6, 6.07) is 0. The number of allylic oxidation sites excluding steroid dienone is 3. The predicted octanol–water partition coefficient (Wildman–Crippen LogP) is 0.981. The highest BCUT2D eigenvalue weighted by atomic mass is 16.1. The minimum atomic E-state index is 0.0718. The molecular weight excluding hydrogens is 114 g/mol. The maximum Gasteiger partial charge on any atom is 0.184 e. The maximum absolute atomic E-state index is 10.8. The Morgan fingerprint density at radius 1 is 1.44 bits per heavy atom.